The smallest absolute Gasteiger partial charge is 0.292 e. The summed E-state index contributed by atoms with van der Waals surface area (Å²) in [7, 11) is 0. The van der Waals surface area contributed by atoms with E-state index in [-0.39, 0.29) is 16.7 Å². The van der Waals surface area contributed by atoms with Crippen LogP contribution in [0.2, 0.25) is 0 Å². The number of nitro groups is 1. The molecule has 3 N–H and O–H groups in total. The molecule has 0 saturated carbocycles. The van der Waals surface area contributed by atoms with Gasteiger partial charge in [-0.3, -0.25) is 10.1 Å². The summed E-state index contributed by atoms with van der Waals surface area (Å²) >= 11 is 0. The lowest BCUT2D eigenvalue weighted by Crippen LogP contribution is -2.28. The van der Waals surface area contributed by atoms with E-state index in [1.807, 2.05) is 13.8 Å². The molecular formula is C11H17N3O2. The monoisotopic (exact) mass is 223 g/mol. The molecule has 1 aromatic rings. The molecule has 0 heterocycles. The molecule has 0 aliphatic heterocycles. The van der Waals surface area contributed by atoms with Crippen molar-refractivity contribution in [3.63, 3.8) is 0 Å². The highest BCUT2D eigenvalue weighted by Gasteiger charge is 2.13. The highest BCUT2D eigenvalue weighted by Crippen LogP contribution is 2.24. The number of nitrogens with one attached hydrogen (secondary N) is 1. The Labute approximate surface area is 94.8 Å². The van der Waals surface area contributed by atoms with Gasteiger partial charge in [0.25, 0.3) is 5.69 Å². The Morgan fingerprint density at radius 3 is 2.81 bits per heavy atom. The van der Waals surface area contributed by atoms with Crippen LogP contribution in [0.5, 0.6) is 0 Å². The van der Waals surface area contributed by atoms with Crippen molar-refractivity contribution in [2.24, 2.45) is 5.73 Å². The summed E-state index contributed by atoms with van der Waals surface area (Å²) in [6.45, 7) is 4.42. The minimum absolute atomic E-state index is 0.0140. The highest BCUT2D eigenvalue weighted by atomic mass is 16.6. The fourth-order valence-corrected chi connectivity index (χ4v) is 1.34. The van der Waals surface area contributed by atoms with Gasteiger partial charge < -0.3 is 11.1 Å². The van der Waals surface area contributed by atoms with E-state index in [0.717, 1.165) is 12.0 Å². The van der Waals surface area contributed by atoms with Crippen LogP contribution in [-0.4, -0.2) is 17.5 Å². The van der Waals surface area contributed by atoms with Gasteiger partial charge >= 0.3 is 0 Å². The molecule has 0 radical (unpaired) electrons. The van der Waals surface area contributed by atoms with Gasteiger partial charge in [0.1, 0.15) is 5.69 Å². The number of nitrogens with zero attached hydrogens (tertiary/aromatic N) is 1. The van der Waals surface area contributed by atoms with Crippen LogP contribution >= 0.6 is 0 Å². The Morgan fingerprint density at radius 2 is 2.25 bits per heavy atom. The molecule has 0 spiro atoms. The average molecular weight is 223 g/mol. The van der Waals surface area contributed by atoms with Crippen molar-refractivity contribution in [3.05, 3.63) is 33.9 Å². The number of hydrogen-bond acceptors (Lipinski definition) is 4. The lowest BCUT2D eigenvalue weighted by Gasteiger charge is -2.12. The van der Waals surface area contributed by atoms with Crippen LogP contribution in [0.3, 0.4) is 0 Å². The quantitative estimate of drug-likeness (QED) is 0.591. The summed E-state index contributed by atoms with van der Waals surface area (Å²) in [6.07, 6.45) is 0.840. The largest absolute Gasteiger partial charge is 0.378 e. The number of nitrogens with two attached hydrogens (primary N) is 1. The van der Waals surface area contributed by atoms with Gasteiger partial charge in [0.05, 0.1) is 4.92 Å². The zero-order chi connectivity index (χ0) is 12.1. The summed E-state index contributed by atoms with van der Waals surface area (Å²) in [6, 6.07) is 5.01. The molecule has 88 valence electrons. The van der Waals surface area contributed by atoms with Crippen molar-refractivity contribution in [2.45, 2.75) is 26.3 Å². The lowest BCUT2D eigenvalue weighted by molar-refractivity contribution is -0.384. The first-order chi connectivity index (χ1) is 7.54. The summed E-state index contributed by atoms with van der Waals surface area (Å²) in [5.41, 5.74) is 7.36. The van der Waals surface area contributed by atoms with E-state index in [2.05, 4.69) is 5.32 Å². The fourth-order valence-electron chi connectivity index (χ4n) is 1.34. The van der Waals surface area contributed by atoms with Crippen LogP contribution < -0.4 is 11.1 Å². The Hall–Kier alpha value is -1.62. The maximum absolute atomic E-state index is 10.8. The van der Waals surface area contributed by atoms with E-state index < -0.39 is 0 Å². The molecular weight excluding hydrogens is 206 g/mol. The average Bonchev–Trinajstić information content (AvgIpc) is 2.25. The van der Waals surface area contributed by atoms with E-state index >= 15 is 0 Å². The number of benzene rings is 1. The standard InChI is InChI=1S/C11H17N3O2/c1-3-9(12)7-13-10-6-8(2)4-5-11(10)14(15)16/h4-6,9,13H,3,7,12H2,1-2H3. The first-order valence-corrected chi connectivity index (χ1v) is 5.29. The van der Waals surface area contributed by atoms with E-state index in [4.69, 9.17) is 5.73 Å². The van der Waals surface area contributed by atoms with Gasteiger partial charge in [-0.05, 0) is 25.0 Å². The number of nitro benzene ring substituents is 1. The van der Waals surface area contributed by atoms with Gasteiger partial charge in [0, 0.05) is 18.7 Å². The van der Waals surface area contributed by atoms with Crippen molar-refractivity contribution < 1.29 is 4.92 Å². The second-order valence-electron chi connectivity index (χ2n) is 3.83. The molecule has 0 fully saturated rings. The van der Waals surface area contributed by atoms with Gasteiger partial charge in [-0.2, -0.15) is 0 Å². The van der Waals surface area contributed by atoms with Crippen LogP contribution in [0.15, 0.2) is 18.2 Å². The van der Waals surface area contributed by atoms with Gasteiger partial charge in [0.2, 0.25) is 0 Å². The molecule has 16 heavy (non-hydrogen) atoms. The first-order valence-electron chi connectivity index (χ1n) is 5.29. The molecule has 0 aromatic heterocycles. The third kappa shape index (κ3) is 3.20. The van der Waals surface area contributed by atoms with Crippen LogP contribution in [0.25, 0.3) is 0 Å². The zero-order valence-corrected chi connectivity index (χ0v) is 9.56. The predicted octanol–water partition coefficient (Wildman–Crippen LogP) is 2.05. The van der Waals surface area contributed by atoms with Crippen molar-refractivity contribution in [2.75, 3.05) is 11.9 Å². The van der Waals surface area contributed by atoms with E-state index in [1.54, 1.807) is 12.1 Å². The van der Waals surface area contributed by atoms with E-state index in [9.17, 15) is 10.1 Å². The number of aryl methyl sites for hydroxylation is 1. The predicted molar refractivity (Wildman–Crippen MR) is 64.6 cm³/mol. The molecule has 1 aromatic carbocycles. The van der Waals surface area contributed by atoms with E-state index in [1.165, 1.54) is 6.07 Å². The van der Waals surface area contributed by atoms with E-state index in [0.29, 0.717) is 12.2 Å². The van der Waals surface area contributed by atoms with Gasteiger partial charge in [-0.15, -0.1) is 0 Å². The van der Waals surface area contributed by atoms with Crippen molar-refractivity contribution in [1.82, 2.24) is 0 Å². The molecule has 1 rings (SSSR count). The molecule has 0 amide bonds. The molecule has 1 unspecified atom stereocenters. The molecule has 0 bridgehead atoms. The van der Waals surface area contributed by atoms with Crippen LogP contribution in [0.4, 0.5) is 11.4 Å². The molecule has 5 nitrogen and oxygen atoms in total. The third-order valence-electron chi connectivity index (χ3n) is 2.43. The zero-order valence-electron chi connectivity index (χ0n) is 9.56. The highest BCUT2D eigenvalue weighted by molar-refractivity contribution is 5.62. The Balaban J connectivity index is 2.84. The lowest BCUT2D eigenvalue weighted by atomic mass is 10.1. The van der Waals surface area contributed by atoms with Crippen molar-refractivity contribution in [3.8, 4) is 0 Å². The summed E-state index contributed by atoms with van der Waals surface area (Å²) < 4.78 is 0. The van der Waals surface area contributed by atoms with Crippen LogP contribution in [-0.2, 0) is 0 Å². The first kappa shape index (κ1) is 12.4. The SMILES string of the molecule is CCC(N)CNc1cc(C)ccc1[N+](=O)[O-]. The van der Waals surface area contributed by atoms with Crippen molar-refractivity contribution >= 4 is 11.4 Å². The van der Waals surface area contributed by atoms with Crippen molar-refractivity contribution in [1.29, 1.82) is 0 Å². The molecule has 0 aliphatic carbocycles. The molecule has 5 heteroatoms. The minimum atomic E-state index is -0.390. The Kier molecular flexibility index (Phi) is 4.25. The molecule has 0 aliphatic rings. The summed E-state index contributed by atoms with van der Waals surface area (Å²) in [5.74, 6) is 0. The van der Waals surface area contributed by atoms with Crippen LogP contribution in [0, 0.1) is 17.0 Å². The maximum Gasteiger partial charge on any atom is 0.292 e. The topological polar surface area (TPSA) is 81.2 Å². The van der Waals surface area contributed by atoms with Gasteiger partial charge in [-0.25, -0.2) is 0 Å². The molecule has 1 atom stereocenters. The minimum Gasteiger partial charge on any atom is -0.378 e. The third-order valence-corrected chi connectivity index (χ3v) is 2.43. The van der Waals surface area contributed by atoms with Crippen LogP contribution in [0.1, 0.15) is 18.9 Å². The number of hydrogen-bond donors (Lipinski definition) is 2. The normalized spacial score (nSPS) is 12.2. The molecule has 0 saturated heterocycles. The number of anilines is 1. The Bertz CT molecular complexity index is 379. The second-order valence-corrected chi connectivity index (χ2v) is 3.83. The summed E-state index contributed by atoms with van der Waals surface area (Å²) in [4.78, 5) is 10.4. The Morgan fingerprint density at radius 1 is 1.56 bits per heavy atom. The van der Waals surface area contributed by atoms with Gasteiger partial charge in [-0.1, -0.05) is 13.0 Å². The summed E-state index contributed by atoms with van der Waals surface area (Å²) in [5, 5.41) is 13.8. The second kappa shape index (κ2) is 5.46. The maximum atomic E-state index is 10.8. The number of rotatable bonds is 5. The fraction of sp³-hybridized carbons (Fsp3) is 0.455. The van der Waals surface area contributed by atoms with Gasteiger partial charge in [0.15, 0.2) is 0 Å².